The van der Waals surface area contributed by atoms with E-state index in [9.17, 15) is 9.59 Å². The number of carbonyl (C=O) groups is 2. The van der Waals surface area contributed by atoms with Crippen LogP contribution in [0.4, 0.5) is 0 Å². The number of nitrogens with one attached hydrogen (secondary N) is 3. The maximum atomic E-state index is 12.6. The highest BCUT2D eigenvalue weighted by Gasteiger charge is 2.28. The zero-order valence-electron chi connectivity index (χ0n) is 18.0. The second kappa shape index (κ2) is 8.71. The van der Waals surface area contributed by atoms with Gasteiger partial charge in [0, 0.05) is 28.7 Å². The first-order valence-electron chi connectivity index (χ1n) is 9.90. The van der Waals surface area contributed by atoms with Crippen molar-refractivity contribution < 1.29 is 18.7 Å². The number of hydrogen-bond acceptors (Lipinski definition) is 6. The highest BCUT2D eigenvalue weighted by molar-refractivity contribution is 6.07. The molecule has 0 saturated carbocycles. The largest absolute Gasteiger partial charge is 0.497 e. The third-order valence-corrected chi connectivity index (χ3v) is 4.71. The standard InChI is InChI=1S/C22H28N4O4/c1-13-18-16(23-24-20(27)14-8-6-9-15(12-14)29-5)10-7-11-17(18)30-19(13)21(28)25-26-22(2,3)4/h6,8-9,12,26H,7,10-11H2,1-5H3,(H,24,27)(H,25,28)/b23-16+. The van der Waals surface area contributed by atoms with Crippen molar-refractivity contribution in [2.24, 2.45) is 5.10 Å². The SMILES string of the molecule is COc1cccc(C(=O)N/N=C2\CCCc3oc(C(=O)NNC(C)(C)C)c(C)c32)c1. The van der Waals surface area contributed by atoms with Crippen LogP contribution in [0.25, 0.3) is 0 Å². The lowest BCUT2D eigenvalue weighted by Gasteiger charge is -2.20. The van der Waals surface area contributed by atoms with E-state index in [1.54, 1.807) is 31.4 Å². The van der Waals surface area contributed by atoms with Gasteiger partial charge in [-0.3, -0.25) is 15.0 Å². The number of furan rings is 1. The highest BCUT2D eigenvalue weighted by Crippen LogP contribution is 2.29. The van der Waals surface area contributed by atoms with Gasteiger partial charge in [0.05, 0.1) is 12.8 Å². The monoisotopic (exact) mass is 412 g/mol. The van der Waals surface area contributed by atoms with E-state index in [1.165, 1.54) is 0 Å². The number of carbonyl (C=O) groups excluding carboxylic acids is 2. The Morgan fingerprint density at radius 1 is 1.17 bits per heavy atom. The van der Waals surface area contributed by atoms with Gasteiger partial charge in [-0.15, -0.1) is 0 Å². The molecule has 8 heteroatoms. The van der Waals surface area contributed by atoms with Crippen molar-refractivity contribution in [2.75, 3.05) is 7.11 Å². The average Bonchev–Trinajstić information content (AvgIpc) is 3.07. The summed E-state index contributed by atoms with van der Waals surface area (Å²) in [7, 11) is 1.55. The molecule has 160 valence electrons. The van der Waals surface area contributed by atoms with Crippen LogP contribution < -0.4 is 21.0 Å². The van der Waals surface area contributed by atoms with E-state index in [0.717, 1.165) is 18.4 Å². The summed E-state index contributed by atoms with van der Waals surface area (Å²) in [6, 6.07) is 6.86. The van der Waals surface area contributed by atoms with Gasteiger partial charge in [0.2, 0.25) is 0 Å². The molecule has 1 aliphatic carbocycles. The van der Waals surface area contributed by atoms with Gasteiger partial charge >= 0.3 is 5.91 Å². The first-order chi connectivity index (χ1) is 14.2. The molecule has 0 fully saturated rings. The van der Waals surface area contributed by atoms with Crippen LogP contribution in [-0.4, -0.2) is 30.2 Å². The van der Waals surface area contributed by atoms with Crippen LogP contribution in [0.5, 0.6) is 5.75 Å². The normalized spacial score (nSPS) is 14.9. The van der Waals surface area contributed by atoms with E-state index >= 15 is 0 Å². The summed E-state index contributed by atoms with van der Waals surface area (Å²) in [5.74, 6) is 0.901. The maximum Gasteiger partial charge on any atom is 0.301 e. The number of rotatable bonds is 5. The zero-order chi connectivity index (χ0) is 21.9. The van der Waals surface area contributed by atoms with E-state index in [0.29, 0.717) is 34.8 Å². The molecule has 3 rings (SSSR count). The topological polar surface area (TPSA) is 105 Å². The molecule has 2 amide bonds. The Labute approximate surface area is 176 Å². The minimum atomic E-state index is -0.336. The van der Waals surface area contributed by atoms with Crippen molar-refractivity contribution in [3.8, 4) is 5.75 Å². The lowest BCUT2D eigenvalue weighted by atomic mass is 9.93. The third-order valence-electron chi connectivity index (χ3n) is 4.71. The minimum Gasteiger partial charge on any atom is -0.497 e. The Kier molecular flexibility index (Phi) is 6.26. The summed E-state index contributed by atoms with van der Waals surface area (Å²) in [5.41, 5.74) is 10.6. The molecule has 0 spiro atoms. The fourth-order valence-electron chi connectivity index (χ4n) is 3.24. The first-order valence-corrected chi connectivity index (χ1v) is 9.90. The molecule has 2 aromatic rings. The maximum absolute atomic E-state index is 12.6. The summed E-state index contributed by atoms with van der Waals surface area (Å²) in [4.78, 5) is 25.0. The number of hydrogen-bond donors (Lipinski definition) is 3. The summed E-state index contributed by atoms with van der Waals surface area (Å²) in [6.07, 6.45) is 2.24. The Hall–Kier alpha value is -3.13. The molecule has 1 aliphatic rings. The number of benzene rings is 1. The molecule has 1 heterocycles. The number of aryl methyl sites for hydroxylation is 1. The van der Waals surface area contributed by atoms with Crippen LogP contribution in [0.2, 0.25) is 0 Å². The molecule has 1 aromatic carbocycles. The van der Waals surface area contributed by atoms with Crippen molar-refractivity contribution >= 4 is 17.5 Å². The molecule has 3 N–H and O–H groups in total. The lowest BCUT2D eigenvalue weighted by Crippen LogP contribution is -2.48. The van der Waals surface area contributed by atoms with Crippen LogP contribution in [0.3, 0.4) is 0 Å². The van der Waals surface area contributed by atoms with Crippen LogP contribution in [0, 0.1) is 6.92 Å². The third kappa shape index (κ3) is 4.88. The quantitative estimate of drug-likeness (QED) is 0.655. The van der Waals surface area contributed by atoms with Gasteiger partial charge in [0.1, 0.15) is 11.5 Å². The van der Waals surface area contributed by atoms with Crippen molar-refractivity contribution in [1.29, 1.82) is 0 Å². The Morgan fingerprint density at radius 3 is 2.63 bits per heavy atom. The number of nitrogens with zero attached hydrogens (tertiary/aromatic N) is 1. The Bertz CT molecular complexity index is 986. The van der Waals surface area contributed by atoms with E-state index in [-0.39, 0.29) is 23.1 Å². The van der Waals surface area contributed by atoms with Crippen LogP contribution in [-0.2, 0) is 6.42 Å². The van der Waals surface area contributed by atoms with Crippen molar-refractivity contribution in [1.82, 2.24) is 16.3 Å². The highest BCUT2D eigenvalue weighted by atomic mass is 16.5. The molecule has 1 aromatic heterocycles. The molecular weight excluding hydrogens is 384 g/mol. The van der Waals surface area contributed by atoms with Gasteiger partial charge in [-0.05, 0) is 58.7 Å². The number of ether oxygens (including phenoxy) is 1. The minimum absolute atomic E-state index is 0.255. The molecular formula is C22H28N4O4. The molecule has 0 aliphatic heterocycles. The number of hydrazone groups is 1. The van der Waals surface area contributed by atoms with Gasteiger partial charge in [-0.25, -0.2) is 10.9 Å². The number of hydrazine groups is 1. The zero-order valence-corrected chi connectivity index (χ0v) is 18.0. The summed E-state index contributed by atoms with van der Waals surface area (Å²) in [5, 5.41) is 4.34. The van der Waals surface area contributed by atoms with Crippen molar-refractivity contribution in [3.05, 3.63) is 52.5 Å². The fraction of sp³-hybridized carbons (Fsp3) is 0.409. The van der Waals surface area contributed by atoms with Gasteiger partial charge < -0.3 is 9.15 Å². The average molecular weight is 412 g/mol. The molecule has 8 nitrogen and oxygen atoms in total. The number of amides is 2. The van der Waals surface area contributed by atoms with E-state index in [1.807, 2.05) is 27.7 Å². The predicted octanol–water partition coefficient (Wildman–Crippen LogP) is 3.10. The van der Waals surface area contributed by atoms with E-state index < -0.39 is 0 Å². The van der Waals surface area contributed by atoms with Gasteiger partial charge in [-0.1, -0.05) is 6.07 Å². The molecule has 0 saturated heterocycles. The fourth-order valence-corrected chi connectivity index (χ4v) is 3.24. The van der Waals surface area contributed by atoms with Crippen molar-refractivity contribution in [3.63, 3.8) is 0 Å². The van der Waals surface area contributed by atoms with Gasteiger partial charge in [0.25, 0.3) is 5.91 Å². The first kappa shape index (κ1) is 21.6. The smallest absolute Gasteiger partial charge is 0.301 e. The Morgan fingerprint density at radius 2 is 1.93 bits per heavy atom. The second-order valence-corrected chi connectivity index (χ2v) is 8.27. The molecule has 0 atom stereocenters. The summed E-state index contributed by atoms with van der Waals surface area (Å²) in [6.45, 7) is 7.67. The van der Waals surface area contributed by atoms with E-state index in [2.05, 4.69) is 21.4 Å². The summed E-state index contributed by atoms with van der Waals surface area (Å²) < 4.78 is 11.0. The van der Waals surface area contributed by atoms with Crippen LogP contribution in [0.15, 0.2) is 33.8 Å². The second-order valence-electron chi connectivity index (χ2n) is 8.27. The molecule has 0 unspecified atom stereocenters. The molecule has 0 bridgehead atoms. The predicted molar refractivity (Wildman–Crippen MR) is 114 cm³/mol. The van der Waals surface area contributed by atoms with Gasteiger partial charge in [0.15, 0.2) is 5.76 Å². The number of fused-ring (bicyclic) bond motifs is 1. The van der Waals surface area contributed by atoms with Crippen LogP contribution in [0.1, 0.15) is 71.4 Å². The van der Waals surface area contributed by atoms with E-state index in [4.69, 9.17) is 9.15 Å². The lowest BCUT2D eigenvalue weighted by molar-refractivity contribution is 0.0882. The van der Waals surface area contributed by atoms with Gasteiger partial charge in [-0.2, -0.15) is 5.10 Å². The van der Waals surface area contributed by atoms with Crippen molar-refractivity contribution in [2.45, 2.75) is 52.5 Å². The van der Waals surface area contributed by atoms with Crippen LogP contribution >= 0.6 is 0 Å². The number of methoxy groups -OCH3 is 1. The molecule has 0 radical (unpaired) electrons. The summed E-state index contributed by atoms with van der Waals surface area (Å²) >= 11 is 0. The Balaban J connectivity index is 1.80. The molecule has 30 heavy (non-hydrogen) atoms.